The zero-order valence-electron chi connectivity index (χ0n) is 8.04. The molecule has 0 radical (unpaired) electrons. The smallest absolute Gasteiger partial charge is 0.0931 e. The molecule has 68 valence electrons. The van der Waals surface area contributed by atoms with Gasteiger partial charge in [-0.25, -0.2) is 4.98 Å². The third-order valence-electron chi connectivity index (χ3n) is 2.63. The number of H-pyrrole nitrogens is 1. The lowest BCUT2D eigenvalue weighted by molar-refractivity contribution is 0.734. The Balaban J connectivity index is 2.48. The first-order valence-electron chi connectivity index (χ1n) is 4.74. The molecule has 0 aliphatic rings. The summed E-state index contributed by atoms with van der Waals surface area (Å²) in [5.41, 5.74) is 3.57. The first kappa shape index (κ1) is 8.30. The van der Waals surface area contributed by atoms with Gasteiger partial charge in [0.2, 0.25) is 0 Å². The van der Waals surface area contributed by atoms with Crippen LogP contribution in [0.4, 0.5) is 0 Å². The Kier molecular flexibility index (Phi) is 2.05. The monoisotopic (exact) mass is 174 g/mol. The lowest BCUT2D eigenvalue weighted by atomic mass is 9.98. The second kappa shape index (κ2) is 3.21. The van der Waals surface area contributed by atoms with Crippen molar-refractivity contribution in [2.75, 3.05) is 0 Å². The van der Waals surface area contributed by atoms with Gasteiger partial charge < -0.3 is 4.98 Å². The van der Waals surface area contributed by atoms with Crippen LogP contribution >= 0.6 is 0 Å². The summed E-state index contributed by atoms with van der Waals surface area (Å²) in [5, 5.41) is 0. The molecule has 0 saturated carbocycles. The van der Waals surface area contributed by atoms with Crippen LogP contribution in [-0.2, 0) is 0 Å². The average molecular weight is 174 g/mol. The minimum absolute atomic E-state index is 0.632. The molecule has 0 aliphatic carbocycles. The highest BCUT2D eigenvalue weighted by Gasteiger charge is 2.03. The second-order valence-electron chi connectivity index (χ2n) is 3.49. The van der Waals surface area contributed by atoms with E-state index in [9.17, 15) is 0 Å². The van der Waals surface area contributed by atoms with Gasteiger partial charge in [0.1, 0.15) is 0 Å². The van der Waals surface area contributed by atoms with Crippen molar-refractivity contribution in [1.82, 2.24) is 9.97 Å². The molecule has 1 aromatic heterocycles. The molecule has 0 spiro atoms. The van der Waals surface area contributed by atoms with E-state index in [2.05, 4.69) is 42.0 Å². The molecule has 2 rings (SSSR count). The van der Waals surface area contributed by atoms with Crippen LogP contribution in [0.1, 0.15) is 31.7 Å². The maximum absolute atomic E-state index is 4.19. The van der Waals surface area contributed by atoms with Crippen molar-refractivity contribution >= 4 is 11.0 Å². The van der Waals surface area contributed by atoms with Crippen LogP contribution in [0, 0.1) is 0 Å². The molecular formula is C11H14N2. The van der Waals surface area contributed by atoms with Gasteiger partial charge in [0.25, 0.3) is 0 Å². The van der Waals surface area contributed by atoms with Gasteiger partial charge in [-0.2, -0.15) is 0 Å². The average Bonchev–Trinajstić information content (AvgIpc) is 2.63. The Morgan fingerprint density at radius 2 is 2.31 bits per heavy atom. The van der Waals surface area contributed by atoms with E-state index in [-0.39, 0.29) is 0 Å². The zero-order valence-corrected chi connectivity index (χ0v) is 8.04. The number of nitrogens with zero attached hydrogens (tertiary/aromatic N) is 1. The maximum atomic E-state index is 4.19. The van der Waals surface area contributed by atoms with E-state index in [1.807, 2.05) is 0 Å². The molecule has 1 unspecified atom stereocenters. The molecule has 1 aromatic carbocycles. The molecule has 2 aromatic rings. The SMILES string of the molecule is CCC(C)c1ccc2nc[nH]c2c1. The number of rotatable bonds is 2. The van der Waals surface area contributed by atoms with E-state index < -0.39 is 0 Å². The molecule has 0 saturated heterocycles. The fourth-order valence-corrected chi connectivity index (χ4v) is 1.50. The molecule has 2 heteroatoms. The summed E-state index contributed by atoms with van der Waals surface area (Å²) < 4.78 is 0. The first-order valence-corrected chi connectivity index (χ1v) is 4.74. The standard InChI is InChI=1S/C11H14N2/c1-3-8(2)9-4-5-10-11(6-9)13-7-12-10/h4-8H,3H2,1-2H3,(H,12,13). The molecule has 1 heterocycles. The molecule has 0 amide bonds. The van der Waals surface area contributed by atoms with Gasteiger partial charge in [0.15, 0.2) is 0 Å². The third-order valence-corrected chi connectivity index (χ3v) is 2.63. The van der Waals surface area contributed by atoms with Gasteiger partial charge in [0.05, 0.1) is 17.4 Å². The zero-order chi connectivity index (χ0) is 9.26. The quantitative estimate of drug-likeness (QED) is 0.744. The molecule has 2 nitrogen and oxygen atoms in total. The van der Waals surface area contributed by atoms with Crippen LogP contribution in [0.3, 0.4) is 0 Å². The van der Waals surface area contributed by atoms with Crippen molar-refractivity contribution in [3.8, 4) is 0 Å². The summed E-state index contributed by atoms with van der Waals surface area (Å²) in [6.45, 7) is 4.46. The van der Waals surface area contributed by atoms with Crippen LogP contribution in [0.15, 0.2) is 24.5 Å². The van der Waals surface area contributed by atoms with Crippen molar-refractivity contribution in [3.05, 3.63) is 30.1 Å². The Morgan fingerprint density at radius 3 is 3.08 bits per heavy atom. The van der Waals surface area contributed by atoms with Gasteiger partial charge >= 0.3 is 0 Å². The summed E-state index contributed by atoms with van der Waals surface area (Å²) in [5.74, 6) is 0.632. The molecule has 1 N–H and O–H groups in total. The van der Waals surface area contributed by atoms with E-state index >= 15 is 0 Å². The number of benzene rings is 1. The van der Waals surface area contributed by atoms with Gasteiger partial charge in [-0.15, -0.1) is 0 Å². The van der Waals surface area contributed by atoms with E-state index in [1.165, 1.54) is 12.0 Å². The number of fused-ring (bicyclic) bond motifs is 1. The highest BCUT2D eigenvalue weighted by atomic mass is 14.9. The van der Waals surface area contributed by atoms with E-state index in [4.69, 9.17) is 0 Å². The molecular weight excluding hydrogens is 160 g/mol. The second-order valence-corrected chi connectivity index (χ2v) is 3.49. The van der Waals surface area contributed by atoms with Gasteiger partial charge in [0, 0.05) is 0 Å². The van der Waals surface area contributed by atoms with Gasteiger partial charge in [-0.05, 0) is 30.0 Å². The lowest BCUT2D eigenvalue weighted by Crippen LogP contribution is -1.90. The Hall–Kier alpha value is -1.31. The Morgan fingerprint density at radius 1 is 1.46 bits per heavy atom. The van der Waals surface area contributed by atoms with Crippen molar-refractivity contribution < 1.29 is 0 Å². The van der Waals surface area contributed by atoms with E-state index in [0.717, 1.165) is 11.0 Å². The summed E-state index contributed by atoms with van der Waals surface area (Å²) in [6.07, 6.45) is 2.92. The summed E-state index contributed by atoms with van der Waals surface area (Å²) >= 11 is 0. The van der Waals surface area contributed by atoms with E-state index in [1.54, 1.807) is 6.33 Å². The largest absolute Gasteiger partial charge is 0.345 e. The van der Waals surface area contributed by atoms with Crippen molar-refractivity contribution in [1.29, 1.82) is 0 Å². The van der Waals surface area contributed by atoms with E-state index in [0.29, 0.717) is 5.92 Å². The predicted molar refractivity (Wildman–Crippen MR) is 54.8 cm³/mol. The minimum Gasteiger partial charge on any atom is -0.345 e. The van der Waals surface area contributed by atoms with Crippen LogP contribution in [0.5, 0.6) is 0 Å². The molecule has 13 heavy (non-hydrogen) atoms. The maximum Gasteiger partial charge on any atom is 0.0931 e. The normalized spacial score (nSPS) is 13.4. The molecule has 1 atom stereocenters. The predicted octanol–water partition coefficient (Wildman–Crippen LogP) is 3.08. The van der Waals surface area contributed by atoms with Crippen molar-refractivity contribution in [3.63, 3.8) is 0 Å². The fraction of sp³-hybridized carbons (Fsp3) is 0.364. The van der Waals surface area contributed by atoms with Crippen molar-refractivity contribution in [2.24, 2.45) is 0 Å². The Labute approximate surface area is 78.0 Å². The van der Waals surface area contributed by atoms with Crippen molar-refractivity contribution in [2.45, 2.75) is 26.2 Å². The fourth-order valence-electron chi connectivity index (χ4n) is 1.50. The number of hydrogen-bond donors (Lipinski definition) is 1. The molecule has 0 bridgehead atoms. The highest BCUT2D eigenvalue weighted by Crippen LogP contribution is 2.21. The number of aromatic nitrogens is 2. The lowest BCUT2D eigenvalue weighted by Gasteiger charge is -2.07. The Bertz CT molecular complexity index is 403. The number of aromatic amines is 1. The summed E-state index contributed by atoms with van der Waals surface area (Å²) in [4.78, 5) is 7.32. The highest BCUT2D eigenvalue weighted by molar-refractivity contribution is 5.75. The van der Waals surface area contributed by atoms with Crippen LogP contribution in [0.25, 0.3) is 11.0 Å². The first-order chi connectivity index (χ1) is 6.31. The number of imidazole rings is 1. The summed E-state index contributed by atoms with van der Waals surface area (Å²) in [7, 11) is 0. The third kappa shape index (κ3) is 1.44. The minimum atomic E-state index is 0.632. The number of hydrogen-bond acceptors (Lipinski definition) is 1. The van der Waals surface area contributed by atoms with Gasteiger partial charge in [-0.3, -0.25) is 0 Å². The summed E-state index contributed by atoms with van der Waals surface area (Å²) in [6, 6.07) is 6.43. The number of nitrogens with one attached hydrogen (secondary N) is 1. The van der Waals surface area contributed by atoms with Crippen LogP contribution in [-0.4, -0.2) is 9.97 Å². The topological polar surface area (TPSA) is 28.7 Å². The van der Waals surface area contributed by atoms with Crippen LogP contribution < -0.4 is 0 Å². The van der Waals surface area contributed by atoms with Crippen LogP contribution in [0.2, 0.25) is 0 Å². The molecule has 0 fully saturated rings. The van der Waals surface area contributed by atoms with Gasteiger partial charge in [-0.1, -0.05) is 19.9 Å². The molecule has 0 aliphatic heterocycles.